The van der Waals surface area contributed by atoms with Crippen LogP contribution in [0.3, 0.4) is 0 Å². The fourth-order valence-electron chi connectivity index (χ4n) is 1.35. The van der Waals surface area contributed by atoms with Crippen LogP contribution in [0.2, 0.25) is 5.02 Å². The Balaban J connectivity index is 2.28. The van der Waals surface area contributed by atoms with Gasteiger partial charge in [-0.3, -0.25) is 0 Å². The van der Waals surface area contributed by atoms with Gasteiger partial charge >= 0.3 is 0 Å². The number of hydrogen-bond donors (Lipinski definition) is 1. The van der Waals surface area contributed by atoms with Crippen molar-refractivity contribution >= 4 is 17.3 Å². The van der Waals surface area contributed by atoms with E-state index in [1.165, 1.54) is 0 Å². The van der Waals surface area contributed by atoms with Crippen molar-refractivity contribution in [3.05, 3.63) is 17.2 Å². The average Bonchev–Trinajstić information content (AvgIpc) is 2.26. The number of ether oxygens (including phenoxy) is 2. The van der Waals surface area contributed by atoms with Crippen LogP contribution in [0, 0.1) is 12.3 Å². The van der Waals surface area contributed by atoms with Gasteiger partial charge in [-0.1, -0.05) is 17.5 Å². The fourth-order valence-corrected chi connectivity index (χ4v) is 1.57. The van der Waals surface area contributed by atoms with Crippen molar-refractivity contribution in [2.24, 2.45) is 0 Å². The van der Waals surface area contributed by atoms with E-state index in [2.05, 4.69) is 11.2 Å². The topological polar surface area (TPSA) is 30.5 Å². The summed E-state index contributed by atoms with van der Waals surface area (Å²) in [5.41, 5.74) is 0.763. The molecule has 2 rings (SSSR count). The van der Waals surface area contributed by atoms with E-state index in [1.54, 1.807) is 12.1 Å². The van der Waals surface area contributed by atoms with Gasteiger partial charge in [-0.15, -0.1) is 6.42 Å². The van der Waals surface area contributed by atoms with Gasteiger partial charge in [0.05, 0.1) is 17.3 Å². The zero-order chi connectivity index (χ0) is 10.7. The molecule has 3 nitrogen and oxygen atoms in total. The second kappa shape index (κ2) is 4.33. The number of fused-ring (bicyclic) bond motifs is 1. The van der Waals surface area contributed by atoms with Crippen molar-refractivity contribution in [1.29, 1.82) is 0 Å². The molecule has 1 aliphatic rings. The van der Waals surface area contributed by atoms with Crippen LogP contribution in [0.1, 0.15) is 0 Å². The highest BCUT2D eigenvalue weighted by Crippen LogP contribution is 2.37. The molecule has 4 heteroatoms. The van der Waals surface area contributed by atoms with Crippen LogP contribution in [0.25, 0.3) is 0 Å². The molecule has 0 aliphatic carbocycles. The van der Waals surface area contributed by atoms with Crippen molar-refractivity contribution in [1.82, 2.24) is 0 Å². The minimum atomic E-state index is 0.430. The van der Waals surface area contributed by atoms with Gasteiger partial charge in [0, 0.05) is 12.1 Å². The Morgan fingerprint density at radius 2 is 2.00 bits per heavy atom. The first kappa shape index (κ1) is 10.0. The Hall–Kier alpha value is -1.53. The molecule has 15 heavy (non-hydrogen) atoms. The largest absolute Gasteiger partial charge is 0.486 e. The van der Waals surface area contributed by atoms with Crippen LogP contribution in [-0.4, -0.2) is 19.8 Å². The average molecular weight is 224 g/mol. The number of nitrogens with one attached hydrogen (secondary N) is 1. The minimum absolute atomic E-state index is 0.430. The van der Waals surface area contributed by atoms with Crippen molar-refractivity contribution in [3.8, 4) is 23.8 Å². The molecule has 0 fully saturated rings. The molecule has 0 atom stereocenters. The summed E-state index contributed by atoms with van der Waals surface area (Å²) in [6, 6.07) is 3.53. The summed E-state index contributed by atoms with van der Waals surface area (Å²) in [6.45, 7) is 1.54. The zero-order valence-corrected chi connectivity index (χ0v) is 8.80. The molecule has 0 bridgehead atoms. The number of anilines is 1. The van der Waals surface area contributed by atoms with Crippen LogP contribution in [0.5, 0.6) is 11.5 Å². The van der Waals surface area contributed by atoms with E-state index in [1.807, 2.05) is 0 Å². The Morgan fingerprint density at radius 3 is 2.67 bits per heavy atom. The Bertz CT molecular complexity index is 412. The fraction of sp³-hybridized carbons (Fsp3) is 0.273. The highest BCUT2D eigenvalue weighted by Gasteiger charge is 2.14. The molecule has 0 spiro atoms. The lowest BCUT2D eigenvalue weighted by atomic mass is 10.2. The molecule has 0 aromatic heterocycles. The zero-order valence-electron chi connectivity index (χ0n) is 8.05. The van der Waals surface area contributed by atoms with Gasteiger partial charge in [0.1, 0.15) is 13.2 Å². The summed E-state index contributed by atoms with van der Waals surface area (Å²) >= 11 is 6.03. The van der Waals surface area contributed by atoms with Crippen LogP contribution in [0.15, 0.2) is 12.1 Å². The molecule has 1 aromatic rings. The highest BCUT2D eigenvalue weighted by atomic mass is 35.5. The van der Waals surface area contributed by atoms with E-state index >= 15 is 0 Å². The van der Waals surface area contributed by atoms with E-state index in [0.29, 0.717) is 36.3 Å². The molecular formula is C11H10ClNO2. The molecule has 0 unspecified atom stereocenters. The molecule has 1 heterocycles. The predicted octanol–water partition coefficient (Wildman–Crippen LogP) is 2.16. The summed E-state index contributed by atoms with van der Waals surface area (Å²) in [5, 5.41) is 3.59. The van der Waals surface area contributed by atoms with Gasteiger partial charge in [0.25, 0.3) is 0 Å². The Labute approximate surface area is 93.3 Å². The summed E-state index contributed by atoms with van der Waals surface area (Å²) in [6.07, 6.45) is 5.15. The van der Waals surface area contributed by atoms with E-state index in [9.17, 15) is 0 Å². The van der Waals surface area contributed by atoms with Crippen molar-refractivity contribution < 1.29 is 9.47 Å². The molecule has 0 saturated heterocycles. The third-order valence-corrected chi connectivity index (χ3v) is 2.33. The standard InChI is InChI=1S/C11H10ClNO2/c1-2-3-13-9-7-11-10(6-8(9)12)14-4-5-15-11/h1,6-7,13H,3-5H2. The lowest BCUT2D eigenvalue weighted by Crippen LogP contribution is -2.15. The smallest absolute Gasteiger partial charge is 0.163 e. The first-order chi connectivity index (χ1) is 7.31. The molecule has 1 N–H and O–H groups in total. The normalized spacial score (nSPS) is 13.1. The monoisotopic (exact) mass is 223 g/mol. The second-order valence-electron chi connectivity index (χ2n) is 3.03. The van der Waals surface area contributed by atoms with E-state index < -0.39 is 0 Å². The first-order valence-electron chi connectivity index (χ1n) is 4.58. The molecule has 0 amide bonds. The van der Waals surface area contributed by atoms with Gasteiger partial charge < -0.3 is 14.8 Å². The highest BCUT2D eigenvalue weighted by molar-refractivity contribution is 6.33. The third-order valence-electron chi connectivity index (χ3n) is 2.01. The van der Waals surface area contributed by atoms with Gasteiger partial charge in [0.15, 0.2) is 11.5 Å². The number of benzene rings is 1. The van der Waals surface area contributed by atoms with Crippen LogP contribution >= 0.6 is 11.6 Å². The first-order valence-corrected chi connectivity index (χ1v) is 4.95. The molecule has 1 aliphatic heterocycles. The second-order valence-corrected chi connectivity index (χ2v) is 3.44. The summed E-state index contributed by atoms with van der Waals surface area (Å²) in [4.78, 5) is 0. The molecular weight excluding hydrogens is 214 g/mol. The maximum absolute atomic E-state index is 6.03. The number of halogens is 1. The van der Waals surface area contributed by atoms with Crippen LogP contribution in [0.4, 0.5) is 5.69 Å². The van der Waals surface area contributed by atoms with Gasteiger partial charge in [-0.25, -0.2) is 0 Å². The van der Waals surface area contributed by atoms with Crippen molar-refractivity contribution in [2.75, 3.05) is 25.1 Å². The third kappa shape index (κ3) is 2.11. The van der Waals surface area contributed by atoms with Crippen molar-refractivity contribution in [3.63, 3.8) is 0 Å². The Kier molecular flexibility index (Phi) is 2.89. The molecule has 0 saturated carbocycles. The van der Waals surface area contributed by atoms with Crippen molar-refractivity contribution in [2.45, 2.75) is 0 Å². The van der Waals surface area contributed by atoms with E-state index in [-0.39, 0.29) is 0 Å². The number of rotatable bonds is 2. The van der Waals surface area contributed by atoms with Gasteiger partial charge in [0.2, 0.25) is 0 Å². The predicted molar refractivity (Wildman–Crippen MR) is 59.8 cm³/mol. The Morgan fingerprint density at radius 1 is 1.33 bits per heavy atom. The lowest BCUT2D eigenvalue weighted by molar-refractivity contribution is 0.171. The summed E-state index contributed by atoms with van der Waals surface area (Å²) in [5.74, 6) is 3.86. The SMILES string of the molecule is C#CCNc1cc2c(cc1Cl)OCCO2. The van der Waals surface area contributed by atoms with Gasteiger partial charge in [-0.2, -0.15) is 0 Å². The number of hydrogen-bond acceptors (Lipinski definition) is 3. The van der Waals surface area contributed by atoms with E-state index in [0.717, 1.165) is 5.69 Å². The van der Waals surface area contributed by atoms with Crippen LogP contribution < -0.4 is 14.8 Å². The van der Waals surface area contributed by atoms with E-state index in [4.69, 9.17) is 27.5 Å². The quantitative estimate of drug-likeness (QED) is 0.780. The number of terminal acetylenes is 1. The summed E-state index contributed by atoms with van der Waals surface area (Å²) < 4.78 is 10.8. The molecule has 78 valence electrons. The maximum atomic E-state index is 6.03. The summed E-state index contributed by atoms with van der Waals surface area (Å²) in [7, 11) is 0. The minimum Gasteiger partial charge on any atom is -0.486 e. The maximum Gasteiger partial charge on any atom is 0.163 e. The molecule has 1 aromatic carbocycles. The van der Waals surface area contributed by atoms with Crippen LogP contribution in [-0.2, 0) is 0 Å². The molecule has 0 radical (unpaired) electrons. The lowest BCUT2D eigenvalue weighted by Gasteiger charge is -2.19. The van der Waals surface area contributed by atoms with Gasteiger partial charge in [-0.05, 0) is 0 Å².